The number of carboxylic acid groups (broad SMARTS) is 1. The summed E-state index contributed by atoms with van der Waals surface area (Å²) in [6.07, 6.45) is -0.592. The van der Waals surface area contributed by atoms with Crippen molar-refractivity contribution in [3.63, 3.8) is 0 Å². The first-order chi connectivity index (χ1) is 18.0. The maximum absolute atomic E-state index is 13.1. The average molecular weight is 529 g/mol. The van der Waals surface area contributed by atoms with Crippen LogP contribution in [0.25, 0.3) is 11.1 Å². The summed E-state index contributed by atoms with van der Waals surface area (Å²) in [5.41, 5.74) is 4.47. The van der Waals surface area contributed by atoms with E-state index in [1.807, 2.05) is 38.4 Å². The summed E-state index contributed by atoms with van der Waals surface area (Å²) in [6.45, 7) is 2.54. The molecule has 4 rings (SSSR count). The van der Waals surface area contributed by atoms with E-state index in [9.17, 15) is 27.9 Å². The molecule has 0 radical (unpaired) electrons. The second-order valence-electron chi connectivity index (χ2n) is 9.83. The summed E-state index contributed by atoms with van der Waals surface area (Å²) in [7, 11) is 1.82. The van der Waals surface area contributed by atoms with Gasteiger partial charge in [0, 0.05) is 49.6 Å². The van der Waals surface area contributed by atoms with Crippen molar-refractivity contribution in [3.05, 3.63) is 71.5 Å². The van der Waals surface area contributed by atoms with Gasteiger partial charge in [0.05, 0.1) is 18.2 Å². The summed E-state index contributed by atoms with van der Waals surface area (Å²) in [6, 6.07) is 11.7. The number of aliphatic carboxylic acids is 1. The highest BCUT2D eigenvalue weighted by Gasteiger charge is 2.30. The normalized spacial score (nSPS) is 16.8. The number of carboxylic acids is 1. The molecule has 1 fully saturated rings. The van der Waals surface area contributed by atoms with Crippen molar-refractivity contribution in [2.45, 2.75) is 44.8 Å². The minimum absolute atomic E-state index is 0.151. The molecule has 10 heteroatoms. The first-order valence-corrected chi connectivity index (χ1v) is 12.5. The number of nitrogens with one attached hydrogen (secondary N) is 1. The van der Waals surface area contributed by atoms with Gasteiger partial charge in [0.15, 0.2) is 0 Å². The van der Waals surface area contributed by atoms with E-state index in [0.29, 0.717) is 30.6 Å². The molecule has 38 heavy (non-hydrogen) atoms. The van der Waals surface area contributed by atoms with E-state index in [1.165, 1.54) is 0 Å². The third-order valence-electron chi connectivity index (χ3n) is 6.93. The van der Waals surface area contributed by atoms with Crippen LogP contribution in [0.2, 0.25) is 0 Å². The lowest BCUT2D eigenvalue weighted by Gasteiger charge is -2.30. The molecule has 2 atom stereocenters. The summed E-state index contributed by atoms with van der Waals surface area (Å²) in [4.78, 5) is 25.8. The van der Waals surface area contributed by atoms with Gasteiger partial charge in [-0.15, -0.1) is 0 Å². The van der Waals surface area contributed by atoms with Crippen LogP contribution in [0.4, 0.5) is 18.9 Å². The number of benzene rings is 2. The van der Waals surface area contributed by atoms with Crippen molar-refractivity contribution in [1.29, 1.82) is 0 Å². The summed E-state index contributed by atoms with van der Waals surface area (Å²) >= 11 is 0. The Morgan fingerprint density at radius 2 is 1.89 bits per heavy atom. The number of aryl methyl sites for hydroxylation is 2. The molecule has 0 aliphatic carbocycles. The molecule has 0 spiro atoms. The van der Waals surface area contributed by atoms with Crippen LogP contribution in [-0.2, 0) is 11.8 Å². The molecular weight excluding hydrogens is 497 g/mol. The van der Waals surface area contributed by atoms with E-state index >= 15 is 0 Å². The summed E-state index contributed by atoms with van der Waals surface area (Å²) < 4.78 is 41.1. The number of hydrogen-bond donors (Lipinski definition) is 2. The minimum atomic E-state index is -4.29. The first kappa shape index (κ1) is 27.2. The third-order valence-corrected chi connectivity index (χ3v) is 6.93. The molecule has 1 aliphatic rings. The number of anilines is 1. The lowest BCUT2D eigenvalue weighted by Crippen LogP contribution is -2.42. The molecule has 1 aromatic heterocycles. The van der Waals surface area contributed by atoms with Gasteiger partial charge < -0.3 is 15.3 Å². The molecular formula is C28H31F3N4O3. The van der Waals surface area contributed by atoms with Crippen molar-refractivity contribution >= 4 is 17.6 Å². The standard InChI is InChI=1S/C28H31F3N4O3/c1-18-14-20(22-15-32-34(2)16-22)7-10-24(18)25(11-12-28(29,30)31)33-23-8-5-19(6-9-23)26(36)35-13-3-4-21(17-35)27(37)38/h5-10,14-16,21,25,33H,3-4,11-13,17H2,1-2H3,(H,37,38)/t21-,25?/m1/s1. The maximum atomic E-state index is 13.1. The Hall–Kier alpha value is -3.82. The lowest BCUT2D eigenvalue weighted by atomic mass is 9.94. The van der Waals surface area contributed by atoms with Gasteiger partial charge >= 0.3 is 12.1 Å². The number of piperidine rings is 1. The molecule has 0 saturated carbocycles. The zero-order chi connectivity index (χ0) is 27.4. The van der Waals surface area contributed by atoms with E-state index in [-0.39, 0.29) is 18.9 Å². The van der Waals surface area contributed by atoms with E-state index in [0.717, 1.165) is 22.3 Å². The molecule has 3 aromatic rings. The van der Waals surface area contributed by atoms with Crippen molar-refractivity contribution in [2.75, 3.05) is 18.4 Å². The van der Waals surface area contributed by atoms with Crippen molar-refractivity contribution in [1.82, 2.24) is 14.7 Å². The van der Waals surface area contributed by atoms with Gasteiger partial charge in [-0.05, 0) is 67.1 Å². The van der Waals surface area contributed by atoms with Gasteiger partial charge in [-0.25, -0.2) is 0 Å². The van der Waals surface area contributed by atoms with Crippen LogP contribution in [0.5, 0.6) is 0 Å². The van der Waals surface area contributed by atoms with E-state index in [4.69, 9.17) is 0 Å². The molecule has 2 aromatic carbocycles. The number of hydrogen-bond acceptors (Lipinski definition) is 4. The Kier molecular flexibility index (Phi) is 8.08. The molecule has 2 heterocycles. The number of aromatic nitrogens is 2. The average Bonchev–Trinajstić information content (AvgIpc) is 3.32. The highest BCUT2D eigenvalue weighted by atomic mass is 19.4. The fourth-order valence-electron chi connectivity index (χ4n) is 4.89. The number of likely N-dealkylation sites (tertiary alicyclic amines) is 1. The minimum Gasteiger partial charge on any atom is -0.481 e. The number of nitrogens with zero attached hydrogens (tertiary/aromatic N) is 3. The number of rotatable bonds is 8. The van der Waals surface area contributed by atoms with Crippen molar-refractivity contribution in [2.24, 2.45) is 13.0 Å². The SMILES string of the molecule is Cc1cc(-c2cnn(C)c2)ccc1C(CCC(F)(F)F)Nc1ccc(C(=O)N2CCC[C@@H](C(=O)O)C2)cc1. The van der Waals surface area contributed by atoms with Gasteiger partial charge in [-0.2, -0.15) is 18.3 Å². The van der Waals surface area contributed by atoms with Gasteiger partial charge in [0.2, 0.25) is 0 Å². The second kappa shape index (κ2) is 11.3. The smallest absolute Gasteiger partial charge is 0.389 e. The molecule has 7 nitrogen and oxygen atoms in total. The molecule has 0 bridgehead atoms. The Morgan fingerprint density at radius 3 is 2.50 bits per heavy atom. The second-order valence-corrected chi connectivity index (χ2v) is 9.83. The van der Waals surface area contributed by atoms with Crippen LogP contribution in [0.3, 0.4) is 0 Å². The number of alkyl halides is 3. The van der Waals surface area contributed by atoms with Gasteiger partial charge in [0.1, 0.15) is 0 Å². The van der Waals surface area contributed by atoms with E-state index in [2.05, 4.69) is 10.4 Å². The Balaban J connectivity index is 1.51. The van der Waals surface area contributed by atoms with Gasteiger partial charge in [0.25, 0.3) is 5.91 Å². The Bertz CT molecular complexity index is 1290. The molecule has 202 valence electrons. The van der Waals surface area contributed by atoms with Crippen molar-refractivity contribution in [3.8, 4) is 11.1 Å². The summed E-state index contributed by atoms with van der Waals surface area (Å²) in [5.74, 6) is -1.73. The highest BCUT2D eigenvalue weighted by Crippen LogP contribution is 2.33. The Morgan fingerprint density at radius 1 is 1.16 bits per heavy atom. The van der Waals surface area contributed by atoms with Crippen molar-refractivity contribution < 1.29 is 27.9 Å². The molecule has 1 saturated heterocycles. The van der Waals surface area contributed by atoms with Gasteiger partial charge in [-0.1, -0.05) is 18.2 Å². The fourth-order valence-corrected chi connectivity index (χ4v) is 4.89. The zero-order valence-electron chi connectivity index (χ0n) is 21.3. The number of carbonyl (C=O) groups excluding carboxylic acids is 1. The van der Waals surface area contributed by atoms with Crippen LogP contribution in [-0.4, -0.2) is 50.9 Å². The summed E-state index contributed by atoms with van der Waals surface area (Å²) in [5, 5.41) is 16.7. The predicted octanol–water partition coefficient (Wildman–Crippen LogP) is 5.83. The van der Waals surface area contributed by atoms with E-state index < -0.39 is 30.5 Å². The predicted molar refractivity (Wildman–Crippen MR) is 138 cm³/mol. The third kappa shape index (κ3) is 6.73. The largest absolute Gasteiger partial charge is 0.481 e. The van der Waals surface area contributed by atoms with Crippen LogP contribution < -0.4 is 5.32 Å². The monoisotopic (exact) mass is 528 g/mol. The first-order valence-electron chi connectivity index (χ1n) is 12.5. The number of carbonyl (C=O) groups is 2. The number of amides is 1. The molecule has 1 unspecified atom stereocenters. The Labute approximate surface area is 219 Å². The highest BCUT2D eigenvalue weighted by molar-refractivity contribution is 5.95. The number of halogens is 3. The van der Waals surface area contributed by atoms with Crippen LogP contribution in [0, 0.1) is 12.8 Å². The van der Waals surface area contributed by atoms with Crippen LogP contribution >= 0.6 is 0 Å². The maximum Gasteiger partial charge on any atom is 0.389 e. The van der Waals surface area contributed by atoms with E-state index in [1.54, 1.807) is 40.0 Å². The van der Waals surface area contributed by atoms with Gasteiger partial charge in [-0.3, -0.25) is 14.3 Å². The van der Waals surface area contributed by atoms with Crippen LogP contribution in [0.1, 0.15) is 53.2 Å². The molecule has 1 amide bonds. The molecule has 1 aliphatic heterocycles. The lowest BCUT2D eigenvalue weighted by molar-refractivity contribution is -0.143. The zero-order valence-corrected chi connectivity index (χ0v) is 21.3. The fraction of sp³-hybridized carbons (Fsp3) is 0.393. The molecule has 2 N–H and O–H groups in total. The quantitative estimate of drug-likeness (QED) is 0.384. The topological polar surface area (TPSA) is 87.5 Å². The van der Waals surface area contributed by atoms with Crippen LogP contribution in [0.15, 0.2) is 54.9 Å².